The van der Waals surface area contributed by atoms with Crippen LogP contribution in [0.1, 0.15) is 16.1 Å². The van der Waals surface area contributed by atoms with Crippen LogP contribution in [0.25, 0.3) is 11.0 Å². The van der Waals surface area contributed by atoms with Gasteiger partial charge in [0, 0.05) is 17.5 Å². The number of carbonyl (C=O) groups excluding carboxylic acids is 1. The maximum absolute atomic E-state index is 10.6. The minimum Gasteiger partial charge on any atom is -0.298 e. The molecule has 0 aliphatic rings. The topological polar surface area (TPSA) is 58.6 Å². The summed E-state index contributed by atoms with van der Waals surface area (Å²) in [4.78, 5) is 14.6. The van der Waals surface area contributed by atoms with Crippen LogP contribution in [0.15, 0.2) is 12.3 Å². The first-order valence-corrected chi connectivity index (χ1v) is 3.58. The van der Waals surface area contributed by atoms with Crippen molar-refractivity contribution in [3.8, 4) is 0 Å². The van der Waals surface area contributed by atoms with E-state index in [2.05, 4.69) is 15.2 Å². The fraction of sp³-hybridized carbons (Fsp3) is 0.125. The van der Waals surface area contributed by atoms with E-state index in [0.29, 0.717) is 11.2 Å². The van der Waals surface area contributed by atoms with Crippen molar-refractivity contribution in [2.24, 2.45) is 0 Å². The zero-order valence-electron chi connectivity index (χ0n) is 6.53. The molecule has 0 aliphatic heterocycles. The lowest BCUT2D eigenvalue weighted by Gasteiger charge is -1.91. The maximum atomic E-state index is 10.6. The Labute approximate surface area is 68.6 Å². The third-order valence-electron chi connectivity index (χ3n) is 1.79. The molecule has 2 heterocycles. The summed E-state index contributed by atoms with van der Waals surface area (Å²) in [5.41, 5.74) is 2.10. The van der Waals surface area contributed by atoms with Gasteiger partial charge in [-0.05, 0) is 13.0 Å². The summed E-state index contributed by atoms with van der Waals surface area (Å²) in [6, 6.07) is 1.68. The Kier molecular flexibility index (Phi) is 1.40. The summed E-state index contributed by atoms with van der Waals surface area (Å²) in [6.45, 7) is 1.87. The number of nitrogens with zero attached hydrogens (tertiary/aromatic N) is 2. The van der Waals surface area contributed by atoms with Crippen molar-refractivity contribution in [3.05, 3.63) is 23.5 Å². The van der Waals surface area contributed by atoms with E-state index in [-0.39, 0.29) is 0 Å². The minimum absolute atomic E-state index is 0.595. The van der Waals surface area contributed by atoms with Crippen LogP contribution in [0.2, 0.25) is 0 Å². The van der Waals surface area contributed by atoms with Crippen molar-refractivity contribution in [1.29, 1.82) is 0 Å². The summed E-state index contributed by atoms with van der Waals surface area (Å²) in [5, 5.41) is 7.52. The van der Waals surface area contributed by atoms with Gasteiger partial charge < -0.3 is 0 Å². The molecule has 0 aliphatic carbocycles. The number of aromatic amines is 1. The Morgan fingerprint density at radius 2 is 2.42 bits per heavy atom. The van der Waals surface area contributed by atoms with E-state index in [1.54, 1.807) is 12.3 Å². The van der Waals surface area contributed by atoms with Crippen LogP contribution < -0.4 is 0 Å². The molecule has 1 N–H and O–H groups in total. The Morgan fingerprint density at radius 1 is 1.58 bits per heavy atom. The zero-order valence-corrected chi connectivity index (χ0v) is 6.53. The summed E-state index contributed by atoms with van der Waals surface area (Å²) in [5.74, 6) is 0. The number of rotatable bonds is 1. The number of pyridine rings is 1. The number of hydrogen-bond acceptors (Lipinski definition) is 3. The van der Waals surface area contributed by atoms with Crippen molar-refractivity contribution in [1.82, 2.24) is 15.2 Å². The van der Waals surface area contributed by atoms with Gasteiger partial charge in [-0.2, -0.15) is 5.10 Å². The van der Waals surface area contributed by atoms with Gasteiger partial charge in [-0.3, -0.25) is 9.89 Å². The fourth-order valence-corrected chi connectivity index (χ4v) is 1.23. The van der Waals surface area contributed by atoms with Crippen LogP contribution >= 0.6 is 0 Å². The van der Waals surface area contributed by atoms with E-state index in [1.807, 2.05) is 6.92 Å². The van der Waals surface area contributed by atoms with Gasteiger partial charge in [-0.15, -0.1) is 0 Å². The minimum atomic E-state index is 0.595. The largest absolute Gasteiger partial charge is 0.298 e. The molecule has 0 amide bonds. The monoisotopic (exact) mass is 161 g/mol. The highest BCUT2D eigenvalue weighted by molar-refractivity contribution is 5.96. The third kappa shape index (κ3) is 0.812. The first-order valence-electron chi connectivity index (χ1n) is 3.58. The summed E-state index contributed by atoms with van der Waals surface area (Å²) in [6.07, 6.45) is 2.39. The van der Waals surface area contributed by atoms with Gasteiger partial charge >= 0.3 is 0 Å². The quantitative estimate of drug-likeness (QED) is 0.636. The first-order chi connectivity index (χ1) is 5.83. The Bertz CT molecular complexity index is 433. The van der Waals surface area contributed by atoms with Gasteiger partial charge in [0.15, 0.2) is 11.9 Å². The molecule has 0 radical (unpaired) electrons. The lowest BCUT2D eigenvalue weighted by atomic mass is 10.2. The van der Waals surface area contributed by atoms with Gasteiger partial charge in [0.25, 0.3) is 0 Å². The number of aldehydes is 1. The molecule has 0 saturated heterocycles. The highest BCUT2D eigenvalue weighted by atomic mass is 16.1. The molecule has 0 bridgehead atoms. The van der Waals surface area contributed by atoms with Crippen LogP contribution in [0.3, 0.4) is 0 Å². The van der Waals surface area contributed by atoms with E-state index in [9.17, 15) is 4.79 Å². The first kappa shape index (κ1) is 6.97. The number of hydrogen-bond donors (Lipinski definition) is 1. The summed E-state index contributed by atoms with van der Waals surface area (Å²) in [7, 11) is 0. The highest BCUT2D eigenvalue weighted by Crippen LogP contribution is 2.15. The molecule has 0 atom stereocenters. The molecule has 0 aromatic carbocycles. The summed E-state index contributed by atoms with van der Waals surface area (Å²) < 4.78 is 0. The lowest BCUT2D eigenvalue weighted by molar-refractivity contribution is 0.112. The summed E-state index contributed by atoms with van der Waals surface area (Å²) >= 11 is 0. The molecule has 0 saturated carbocycles. The Morgan fingerprint density at radius 3 is 3.17 bits per heavy atom. The number of carbonyl (C=O) groups is 1. The molecule has 12 heavy (non-hydrogen) atoms. The molecule has 4 nitrogen and oxygen atoms in total. The van der Waals surface area contributed by atoms with Crippen molar-refractivity contribution >= 4 is 17.3 Å². The van der Waals surface area contributed by atoms with E-state index in [0.717, 1.165) is 17.4 Å². The van der Waals surface area contributed by atoms with Crippen molar-refractivity contribution in [2.45, 2.75) is 6.92 Å². The average Bonchev–Trinajstić information content (AvgIpc) is 2.48. The smallest absolute Gasteiger partial charge is 0.181 e. The molecular weight excluding hydrogens is 154 g/mol. The molecule has 2 rings (SSSR count). The van der Waals surface area contributed by atoms with Crippen LogP contribution in [0.4, 0.5) is 0 Å². The van der Waals surface area contributed by atoms with Crippen LogP contribution in [-0.2, 0) is 0 Å². The van der Waals surface area contributed by atoms with E-state index in [1.165, 1.54) is 0 Å². The molecular formula is C8H7N3O. The van der Waals surface area contributed by atoms with Gasteiger partial charge in [-0.1, -0.05) is 0 Å². The van der Waals surface area contributed by atoms with Crippen LogP contribution in [0.5, 0.6) is 0 Å². The fourth-order valence-electron chi connectivity index (χ4n) is 1.23. The van der Waals surface area contributed by atoms with Gasteiger partial charge in [-0.25, -0.2) is 4.98 Å². The third-order valence-corrected chi connectivity index (χ3v) is 1.79. The average molecular weight is 161 g/mol. The SMILES string of the molecule is Cc1[nH]nc2nccc(C=O)c12. The number of H-pyrrole nitrogens is 1. The van der Waals surface area contributed by atoms with Crippen molar-refractivity contribution in [2.75, 3.05) is 0 Å². The molecule has 4 heteroatoms. The molecule has 0 fully saturated rings. The second-order valence-corrected chi connectivity index (χ2v) is 2.57. The van der Waals surface area contributed by atoms with E-state index < -0.39 is 0 Å². The van der Waals surface area contributed by atoms with Crippen LogP contribution in [-0.4, -0.2) is 21.5 Å². The number of nitrogens with one attached hydrogen (secondary N) is 1. The van der Waals surface area contributed by atoms with Gasteiger partial charge in [0.2, 0.25) is 0 Å². The Balaban J connectivity index is 2.93. The molecule has 0 unspecified atom stereocenters. The predicted octanol–water partition coefficient (Wildman–Crippen LogP) is 1.08. The molecule has 60 valence electrons. The zero-order chi connectivity index (χ0) is 8.55. The van der Waals surface area contributed by atoms with E-state index >= 15 is 0 Å². The number of aromatic nitrogens is 3. The van der Waals surface area contributed by atoms with Gasteiger partial charge in [0.1, 0.15) is 0 Å². The maximum Gasteiger partial charge on any atom is 0.181 e. The molecule has 0 spiro atoms. The lowest BCUT2D eigenvalue weighted by Crippen LogP contribution is -1.84. The molecule has 2 aromatic rings. The normalized spacial score (nSPS) is 10.4. The van der Waals surface area contributed by atoms with Crippen LogP contribution in [0, 0.1) is 6.92 Å². The van der Waals surface area contributed by atoms with Crippen molar-refractivity contribution < 1.29 is 4.79 Å². The molecule has 2 aromatic heterocycles. The standard InChI is InChI=1S/C8H7N3O/c1-5-7-6(4-12)2-3-9-8(7)11-10-5/h2-4H,1H3,(H,9,10,11). The van der Waals surface area contributed by atoms with Crippen molar-refractivity contribution in [3.63, 3.8) is 0 Å². The Hall–Kier alpha value is -1.71. The number of fused-ring (bicyclic) bond motifs is 1. The van der Waals surface area contributed by atoms with E-state index in [4.69, 9.17) is 0 Å². The van der Waals surface area contributed by atoms with Gasteiger partial charge in [0.05, 0.1) is 5.39 Å². The predicted molar refractivity (Wildman–Crippen MR) is 44.0 cm³/mol. The second kappa shape index (κ2) is 2.41. The highest BCUT2D eigenvalue weighted by Gasteiger charge is 2.05. The second-order valence-electron chi connectivity index (χ2n) is 2.57. The number of aryl methyl sites for hydroxylation is 1.